The topological polar surface area (TPSA) is 34.2 Å². The first-order chi connectivity index (χ1) is 10.1. The predicted molar refractivity (Wildman–Crippen MR) is 88.9 cm³/mol. The third-order valence-electron chi connectivity index (χ3n) is 2.99. The summed E-state index contributed by atoms with van der Waals surface area (Å²) < 4.78 is 5.74. The Labute approximate surface area is 135 Å². The number of aromatic nitrogens is 1. The van der Waals surface area contributed by atoms with Crippen molar-refractivity contribution in [1.29, 1.82) is 0 Å². The lowest BCUT2D eigenvalue weighted by Gasteiger charge is -2.11. The molecule has 0 amide bonds. The Morgan fingerprint density at radius 1 is 1.10 bits per heavy atom. The molecule has 0 atom stereocenters. The van der Waals surface area contributed by atoms with Gasteiger partial charge in [-0.3, -0.25) is 0 Å². The number of hydrogen-bond donors (Lipinski definition) is 1. The maximum Gasteiger partial charge on any atom is 0.240 e. The first-order valence-electron chi connectivity index (χ1n) is 7.00. The molecule has 21 heavy (non-hydrogen) atoms. The van der Waals surface area contributed by atoms with E-state index in [1.54, 1.807) is 6.07 Å². The highest BCUT2D eigenvalue weighted by Crippen LogP contribution is 2.33. The third-order valence-corrected chi connectivity index (χ3v) is 3.54. The van der Waals surface area contributed by atoms with Crippen molar-refractivity contribution < 1.29 is 4.74 Å². The van der Waals surface area contributed by atoms with E-state index in [0.29, 0.717) is 27.5 Å². The first-order valence-corrected chi connectivity index (χ1v) is 7.76. The quantitative estimate of drug-likeness (QED) is 0.754. The molecule has 0 radical (unpaired) electrons. The average Bonchev–Trinajstić information content (AvgIpc) is 2.49. The van der Waals surface area contributed by atoms with Crippen LogP contribution in [0.3, 0.4) is 0 Å². The molecule has 0 saturated carbocycles. The van der Waals surface area contributed by atoms with Crippen LogP contribution in [0.15, 0.2) is 30.3 Å². The van der Waals surface area contributed by atoms with Crippen molar-refractivity contribution >= 4 is 29.0 Å². The van der Waals surface area contributed by atoms with Crippen LogP contribution in [0.2, 0.25) is 10.0 Å². The molecule has 112 valence electrons. The molecule has 2 rings (SSSR count). The first kappa shape index (κ1) is 15.9. The van der Waals surface area contributed by atoms with Crippen LogP contribution in [0.4, 0.5) is 5.82 Å². The van der Waals surface area contributed by atoms with Gasteiger partial charge in [0.1, 0.15) is 16.6 Å². The molecule has 5 heteroatoms. The van der Waals surface area contributed by atoms with Gasteiger partial charge in [0, 0.05) is 6.54 Å². The Balaban J connectivity index is 2.21. The van der Waals surface area contributed by atoms with Crippen molar-refractivity contribution in [2.75, 3.05) is 11.9 Å². The van der Waals surface area contributed by atoms with Gasteiger partial charge in [0.2, 0.25) is 5.88 Å². The largest absolute Gasteiger partial charge is 0.437 e. The minimum Gasteiger partial charge on any atom is -0.437 e. The van der Waals surface area contributed by atoms with Crippen molar-refractivity contribution in [2.24, 2.45) is 0 Å². The van der Waals surface area contributed by atoms with Crippen LogP contribution in [-0.4, -0.2) is 11.5 Å². The van der Waals surface area contributed by atoms with E-state index in [4.69, 9.17) is 27.9 Å². The van der Waals surface area contributed by atoms with Crippen LogP contribution >= 0.6 is 23.2 Å². The van der Waals surface area contributed by atoms with E-state index in [0.717, 1.165) is 19.4 Å². The molecule has 1 aromatic carbocycles. The summed E-state index contributed by atoms with van der Waals surface area (Å²) in [6.45, 7) is 4.97. The Morgan fingerprint density at radius 2 is 1.81 bits per heavy atom. The lowest BCUT2D eigenvalue weighted by atomic mass is 10.2. The summed E-state index contributed by atoms with van der Waals surface area (Å²) in [7, 11) is 0. The minimum absolute atomic E-state index is 0.351. The SMILES string of the molecule is CCCNc1nc(Oc2ccc(CC)cc2)c(Cl)cc1Cl. The maximum absolute atomic E-state index is 6.14. The molecule has 1 N–H and O–H groups in total. The number of aryl methyl sites for hydroxylation is 1. The van der Waals surface area contributed by atoms with Crippen LogP contribution in [0.5, 0.6) is 11.6 Å². The summed E-state index contributed by atoms with van der Waals surface area (Å²) in [6.07, 6.45) is 1.97. The highest BCUT2D eigenvalue weighted by atomic mass is 35.5. The lowest BCUT2D eigenvalue weighted by molar-refractivity contribution is 0.463. The second kappa shape index (κ2) is 7.53. The molecule has 2 aromatic rings. The zero-order chi connectivity index (χ0) is 15.2. The molecule has 0 bridgehead atoms. The molecule has 0 spiro atoms. The zero-order valence-corrected chi connectivity index (χ0v) is 13.6. The van der Waals surface area contributed by atoms with E-state index in [1.165, 1.54) is 5.56 Å². The summed E-state index contributed by atoms with van der Waals surface area (Å²) in [5.74, 6) is 1.64. The normalized spacial score (nSPS) is 10.5. The molecule has 1 heterocycles. The Bertz CT molecular complexity index is 600. The molecule has 3 nitrogen and oxygen atoms in total. The van der Waals surface area contributed by atoms with E-state index in [9.17, 15) is 0 Å². The van der Waals surface area contributed by atoms with Crippen molar-refractivity contribution in [3.63, 3.8) is 0 Å². The summed E-state index contributed by atoms with van der Waals surface area (Å²) in [5, 5.41) is 4.03. The van der Waals surface area contributed by atoms with E-state index in [2.05, 4.69) is 24.1 Å². The van der Waals surface area contributed by atoms with Gasteiger partial charge in [-0.2, -0.15) is 4.98 Å². The number of hydrogen-bond acceptors (Lipinski definition) is 3. The predicted octanol–water partition coefficient (Wildman–Crippen LogP) is 5.57. The van der Waals surface area contributed by atoms with Crippen LogP contribution in [0.1, 0.15) is 25.8 Å². The van der Waals surface area contributed by atoms with Crippen LogP contribution < -0.4 is 10.1 Å². The number of nitrogens with zero attached hydrogens (tertiary/aromatic N) is 1. The summed E-state index contributed by atoms with van der Waals surface area (Å²) >= 11 is 12.3. The number of halogens is 2. The number of anilines is 1. The van der Waals surface area contributed by atoms with Gasteiger partial charge in [-0.15, -0.1) is 0 Å². The van der Waals surface area contributed by atoms with Crippen molar-refractivity contribution in [2.45, 2.75) is 26.7 Å². The highest BCUT2D eigenvalue weighted by Gasteiger charge is 2.11. The van der Waals surface area contributed by atoms with E-state index in [-0.39, 0.29) is 0 Å². The lowest BCUT2D eigenvalue weighted by Crippen LogP contribution is -2.03. The van der Waals surface area contributed by atoms with Crippen molar-refractivity contribution in [3.8, 4) is 11.6 Å². The summed E-state index contributed by atoms with van der Waals surface area (Å²) in [6, 6.07) is 9.50. The van der Waals surface area contributed by atoms with Crippen molar-refractivity contribution in [3.05, 3.63) is 45.9 Å². The second-order valence-corrected chi connectivity index (χ2v) is 5.45. The monoisotopic (exact) mass is 324 g/mol. The van der Waals surface area contributed by atoms with Gasteiger partial charge < -0.3 is 10.1 Å². The van der Waals surface area contributed by atoms with E-state index < -0.39 is 0 Å². The Hall–Kier alpha value is -1.45. The molecular weight excluding hydrogens is 307 g/mol. The molecular formula is C16H18Cl2N2O. The molecule has 1 aromatic heterocycles. The van der Waals surface area contributed by atoms with Gasteiger partial charge >= 0.3 is 0 Å². The van der Waals surface area contributed by atoms with Gasteiger partial charge in [0.25, 0.3) is 0 Å². The number of rotatable bonds is 6. The second-order valence-electron chi connectivity index (χ2n) is 4.63. The molecule has 0 fully saturated rings. The van der Waals surface area contributed by atoms with Gasteiger partial charge in [-0.25, -0.2) is 0 Å². The minimum atomic E-state index is 0.351. The van der Waals surface area contributed by atoms with Gasteiger partial charge in [-0.1, -0.05) is 49.2 Å². The van der Waals surface area contributed by atoms with E-state index in [1.807, 2.05) is 24.3 Å². The Morgan fingerprint density at radius 3 is 2.43 bits per heavy atom. The molecule has 0 aliphatic heterocycles. The fourth-order valence-electron chi connectivity index (χ4n) is 1.79. The molecule has 0 aliphatic rings. The molecule has 0 saturated heterocycles. The van der Waals surface area contributed by atoms with Crippen molar-refractivity contribution in [1.82, 2.24) is 4.98 Å². The highest BCUT2D eigenvalue weighted by molar-refractivity contribution is 6.36. The zero-order valence-electron chi connectivity index (χ0n) is 12.1. The standard InChI is InChI=1S/C16H18Cl2N2O/c1-3-9-19-15-13(17)10-14(18)16(20-15)21-12-7-5-11(4-2)6-8-12/h5-8,10H,3-4,9H2,1-2H3,(H,19,20). The van der Waals surface area contributed by atoms with E-state index >= 15 is 0 Å². The number of benzene rings is 1. The fraction of sp³-hybridized carbons (Fsp3) is 0.312. The molecule has 0 unspecified atom stereocenters. The third kappa shape index (κ3) is 4.26. The smallest absolute Gasteiger partial charge is 0.240 e. The number of pyridine rings is 1. The summed E-state index contributed by atoms with van der Waals surface area (Å²) in [4.78, 5) is 4.35. The molecule has 0 aliphatic carbocycles. The van der Waals surface area contributed by atoms with Crippen LogP contribution in [-0.2, 0) is 6.42 Å². The summed E-state index contributed by atoms with van der Waals surface area (Å²) in [5.41, 5.74) is 1.25. The maximum atomic E-state index is 6.14. The number of nitrogens with one attached hydrogen (secondary N) is 1. The van der Waals surface area contributed by atoms with Crippen LogP contribution in [0.25, 0.3) is 0 Å². The number of ether oxygens (including phenoxy) is 1. The Kier molecular flexibility index (Phi) is 5.71. The van der Waals surface area contributed by atoms with Gasteiger partial charge in [-0.05, 0) is 36.6 Å². The van der Waals surface area contributed by atoms with Gasteiger partial charge in [0.15, 0.2) is 0 Å². The van der Waals surface area contributed by atoms with Crippen LogP contribution in [0, 0.1) is 0 Å². The average molecular weight is 325 g/mol. The fourth-order valence-corrected chi connectivity index (χ4v) is 2.26. The van der Waals surface area contributed by atoms with Gasteiger partial charge in [0.05, 0.1) is 5.02 Å².